The van der Waals surface area contributed by atoms with E-state index in [9.17, 15) is 22.8 Å². The van der Waals surface area contributed by atoms with E-state index in [0.717, 1.165) is 52.3 Å². The van der Waals surface area contributed by atoms with Crippen LogP contribution in [-0.2, 0) is 10.9 Å². The predicted octanol–water partition coefficient (Wildman–Crippen LogP) is 6.48. The van der Waals surface area contributed by atoms with Gasteiger partial charge in [0.2, 0.25) is 0 Å². The SMILES string of the molecule is CCOC(=O)c1c(-c2ccc(C)cc2C)csc1NC(=O)c1ccc(C(F)(F)F)cc1. The van der Waals surface area contributed by atoms with Gasteiger partial charge >= 0.3 is 12.1 Å². The monoisotopic (exact) mass is 447 g/mol. The van der Waals surface area contributed by atoms with Crippen LogP contribution in [0.15, 0.2) is 47.8 Å². The standard InChI is InChI=1S/C23H20F3NO3S/c1-4-30-22(29)19-18(17-10-5-13(2)11-14(17)3)12-31-21(19)27-20(28)15-6-8-16(9-7-15)23(24,25)26/h5-12H,4H2,1-3H3,(H,27,28). The highest BCUT2D eigenvalue weighted by atomic mass is 32.1. The molecule has 4 nitrogen and oxygen atoms in total. The molecule has 0 radical (unpaired) electrons. The van der Waals surface area contributed by atoms with Gasteiger partial charge in [-0.1, -0.05) is 23.8 Å². The lowest BCUT2D eigenvalue weighted by atomic mass is 9.97. The van der Waals surface area contributed by atoms with Crippen molar-refractivity contribution in [3.05, 3.63) is 75.7 Å². The Morgan fingerprint density at radius 3 is 2.29 bits per heavy atom. The highest BCUT2D eigenvalue weighted by molar-refractivity contribution is 7.15. The van der Waals surface area contributed by atoms with Crippen molar-refractivity contribution in [1.29, 1.82) is 0 Å². The Labute approximate surface area is 181 Å². The highest BCUT2D eigenvalue weighted by Crippen LogP contribution is 2.38. The van der Waals surface area contributed by atoms with Gasteiger partial charge in [-0.25, -0.2) is 4.79 Å². The van der Waals surface area contributed by atoms with Crippen molar-refractivity contribution in [3.63, 3.8) is 0 Å². The highest BCUT2D eigenvalue weighted by Gasteiger charge is 2.30. The minimum Gasteiger partial charge on any atom is -0.462 e. The van der Waals surface area contributed by atoms with Gasteiger partial charge in [-0.2, -0.15) is 13.2 Å². The van der Waals surface area contributed by atoms with Gasteiger partial charge in [0.15, 0.2) is 0 Å². The van der Waals surface area contributed by atoms with E-state index >= 15 is 0 Å². The molecule has 1 N–H and O–H groups in total. The van der Waals surface area contributed by atoms with E-state index < -0.39 is 23.6 Å². The first-order chi connectivity index (χ1) is 14.6. The summed E-state index contributed by atoms with van der Waals surface area (Å²) < 4.78 is 43.4. The summed E-state index contributed by atoms with van der Waals surface area (Å²) >= 11 is 1.16. The Morgan fingerprint density at radius 2 is 1.71 bits per heavy atom. The number of thiophene rings is 1. The molecule has 2 aromatic carbocycles. The van der Waals surface area contributed by atoms with Gasteiger partial charge in [0.1, 0.15) is 10.6 Å². The molecule has 8 heteroatoms. The van der Waals surface area contributed by atoms with Crippen LogP contribution in [0.25, 0.3) is 11.1 Å². The maximum atomic E-state index is 12.8. The van der Waals surface area contributed by atoms with Gasteiger partial charge in [-0.3, -0.25) is 4.79 Å². The molecular weight excluding hydrogens is 427 g/mol. The molecule has 0 aliphatic heterocycles. The quantitative estimate of drug-likeness (QED) is 0.456. The van der Waals surface area contributed by atoms with Crippen molar-refractivity contribution in [2.24, 2.45) is 0 Å². The fraction of sp³-hybridized carbons (Fsp3) is 0.217. The van der Waals surface area contributed by atoms with Crippen molar-refractivity contribution < 1.29 is 27.5 Å². The molecule has 0 aliphatic rings. The summed E-state index contributed by atoms with van der Waals surface area (Å²) in [6.07, 6.45) is -4.49. The fourth-order valence-corrected chi connectivity index (χ4v) is 4.10. The van der Waals surface area contributed by atoms with Crippen LogP contribution in [0.5, 0.6) is 0 Å². The van der Waals surface area contributed by atoms with Crippen LogP contribution in [0.2, 0.25) is 0 Å². The van der Waals surface area contributed by atoms with E-state index in [1.165, 1.54) is 0 Å². The minimum atomic E-state index is -4.49. The fourth-order valence-electron chi connectivity index (χ4n) is 3.16. The molecule has 0 aliphatic carbocycles. The first-order valence-corrected chi connectivity index (χ1v) is 10.3. The van der Waals surface area contributed by atoms with Crippen LogP contribution >= 0.6 is 11.3 Å². The second-order valence-electron chi connectivity index (χ2n) is 6.92. The maximum Gasteiger partial charge on any atom is 0.416 e. The molecule has 0 spiro atoms. The van der Waals surface area contributed by atoms with E-state index in [1.807, 2.05) is 32.0 Å². The average molecular weight is 447 g/mol. The summed E-state index contributed by atoms with van der Waals surface area (Å²) in [6.45, 7) is 5.73. The van der Waals surface area contributed by atoms with Crippen molar-refractivity contribution in [1.82, 2.24) is 0 Å². The molecule has 0 saturated heterocycles. The Hall–Kier alpha value is -3.13. The number of rotatable bonds is 5. The molecule has 0 fully saturated rings. The summed E-state index contributed by atoms with van der Waals surface area (Å²) in [5.74, 6) is -1.20. The normalized spacial score (nSPS) is 11.3. The Bertz CT molecular complexity index is 1120. The van der Waals surface area contributed by atoms with Crippen LogP contribution in [0.1, 0.15) is 44.3 Å². The largest absolute Gasteiger partial charge is 0.462 e. The van der Waals surface area contributed by atoms with E-state index in [4.69, 9.17) is 4.74 Å². The van der Waals surface area contributed by atoms with Gasteiger partial charge in [-0.05, 0) is 56.2 Å². The Balaban J connectivity index is 1.96. The first kappa shape index (κ1) is 22.6. The Kier molecular flexibility index (Phi) is 6.50. The number of esters is 1. The number of anilines is 1. The number of halogens is 3. The lowest BCUT2D eigenvalue weighted by molar-refractivity contribution is -0.137. The van der Waals surface area contributed by atoms with E-state index in [2.05, 4.69) is 5.32 Å². The number of carbonyl (C=O) groups is 2. The summed E-state index contributed by atoms with van der Waals surface area (Å²) in [7, 11) is 0. The minimum absolute atomic E-state index is 0.0456. The molecule has 3 rings (SSSR count). The number of hydrogen-bond donors (Lipinski definition) is 1. The van der Waals surface area contributed by atoms with Crippen LogP contribution in [0.3, 0.4) is 0 Å². The van der Waals surface area contributed by atoms with Crippen molar-refractivity contribution in [2.75, 3.05) is 11.9 Å². The molecular formula is C23H20F3NO3S. The molecule has 0 saturated carbocycles. The number of carbonyl (C=O) groups excluding carboxylic acids is 2. The number of amides is 1. The van der Waals surface area contributed by atoms with Crippen LogP contribution < -0.4 is 5.32 Å². The third kappa shape index (κ3) is 4.96. The molecule has 3 aromatic rings. The molecule has 162 valence electrons. The smallest absolute Gasteiger partial charge is 0.416 e. The summed E-state index contributed by atoms with van der Waals surface area (Å²) in [6, 6.07) is 9.70. The Morgan fingerprint density at radius 1 is 1.03 bits per heavy atom. The number of alkyl halides is 3. The van der Waals surface area contributed by atoms with Crippen LogP contribution in [0, 0.1) is 13.8 Å². The summed E-state index contributed by atoms with van der Waals surface area (Å²) in [5.41, 5.74) is 2.92. The van der Waals surface area contributed by atoms with Crippen molar-refractivity contribution >= 4 is 28.2 Å². The van der Waals surface area contributed by atoms with Crippen molar-refractivity contribution in [3.8, 4) is 11.1 Å². The zero-order chi connectivity index (χ0) is 22.8. The number of nitrogens with one attached hydrogen (secondary N) is 1. The molecule has 0 bridgehead atoms. The van der Waals surface area contributed by atoms with Gasteiger partial charge in [0.05, 0.1) is 12.2 Å². The van der Waals surface area contributed by atoms with Gasteiger partial charge in [-0.15, -0.1) is 11.3 Å². The zero-order valence-electron chi connectivity index (χ0n) is 17.1. The van der Waals surface area contributed by atoms with Crippen LogP contribution in [0.4, 0.5) is 18.2 Å². The van der Waals surface area contributed by atoms with Crippen molar-refractivity contribution in [2.45, 2.75) is 26.9 Å². The van der Waals surface area contributed by atoms with Crippen LogP contribution in [-0.4, -0.2) is 18.5 Å². The molecule has 31 heavy (non-hydrogen) atoms. The van der Waals surface area contributed by atoms with Gasteiger partial charge in [0.25, 0.3) is 5.91 Å². The molecule has 0 atom stereocenters. The molecule has 0 unspecified atom stereocenters. The van der Waals surface area contributed by atoms with E-state index in [1.54, 1.807) is 12.3 Å². The second-order valence-corrected chi connectivity index (χ2v) is 7.80. The van der Waals surface area contributed by atoms with E-state index in [0.29, 0.717) is 5.56 Å². The zero-order valence-corrected chi connectivity index (χ0v) is 17.9. The number of aryl methyl sites for hydroxylation is 2. The lowest BCUT2D eigenvalue weighted by Crippen LogP contribution is -2.15. The predicted molar refractivity (Wildman–Crippen MR) is 115 cm³/mol. The third-order valence-electron chi connectivity index (χ3n) is 4.64. The second kappa shape index (κ2) is 8.93. The molecule has 1 amide bonds. The lowest BCUT2D eigenvalue weighted by Gasteiger charge is -2.11. The molecule has 1 aromatic heterocycles. The maximum absolute atomic E-state index is 12.8. The summed E-state index contributed by atoms with van der Waals surface area (Å²) in [4.78, 5) is 25.3. The summed E-state index contributed by atoms with van der Waals surface area (Å²) in [5, 5.41) is 4.68. The number of hydrogen-bond acceptors (Lipinski definition) is 4. The number of benzene rings is 2. The molecule has 1 heterocycles. The van der Waals surface area contributed by atoms with Gasteiger partial charge in [0, 0.05) is 16.5 Å². The number of ether oxygens (including phenoxy) is 1. The average Bonchev–Trinajstić information content (AvgIpc) is 3.11. The van der Waals surface area contributed by atoms with Gasteiger partial charge < -0.3 is 10.1 Å². The topological polar surface area (TPSA) is 55.4 Å². The third-order valence-corrected chi connectivity index (χ3v) is 5.54. The van der Waals surface area contributed by atoms with E-state index in [-0.39, 0.29) is 22.7 Å². The first-order valence-electron chi connectivity index (χ1n) is 9.46.